The van der Waals surface area contributed by atoms with E-state index in [0.717, 1.165) is 53.6 Å². The number of nitrogens with one attached hydrogen (secondary N) is 3. The van der Waals surface area contributed by atoms with E-state index in [4.69, 9.17) is 0 Å². The molecule has 26 heavy (non-hydrogen) atoms. The first-order chi connectivity index (χ1) is 12.7. The molecule has 1 spiro atoms. The summed E-state index contributed by atoms with van der Waals surface area (Å²) in [5, 5.41) is 7.79. The molecular formula is C20H23N4OS+. The molecule has 0 amide bonds. The summed E-state index contributed by atoms with van der Waals surface area (Å²) >= 11 is 1.65. The molecule has 1 fully saturated rings. The van der Waals surface area contributed by atoms with Gasteiger partial charge in [-0.2, -0.15) is 0 Å². The van der Waals surface area contributed by atoms with E-state index in [1.54, 1.807) is 11.3 Å². The lowest BCUT2D eigenvalue weighted by molar-refractivity contribution is -0.549. The zero-order valence-electron chi connectivity index (χ0n) is 14.7. The number of aromatic nitrogens is 1. The number of hydrogen-bond acceptors (Lipinski definition) is 5. The summed E-state index contributed by atoms with van der Waals surface area (Å²) in [5.41, 5.74) is 2.95. The fourth-order valence-electron chi connectivity index (χ4n) is 4.63. The van der Waals surface area contributed by atoms with E-state index in [1.807, 2.05) is 18.2 Å². The number of rotatable bonds is 1. The number of para-hydroxylation sites is 1. The van der Waals surface area contributed by atoms with E-state index >= 15 is 0 Å². The number of guanidine groups is 1. The second-order valence-electron chi connectivity index (χ2n) is 7.51. The average molecular weight is 367 g/mol. The van der Waals surface area contributed by atoms with Crippen molar-refractivity contribution in [1.82, 2.24) is 10.3 Å². The van der Waals surface area contributed by atoms with Crippen LogP contribution < -0.4 is 15.6 Å². The molecular weight excluding hydrogens is 344 g/mol. The Morgan fingerprint density at radius 1 is 1.12 bits per heavy atom. The molecule has 3 N–H and O–H groups in total. The molecule has 0 unspecified atom stereocenters. The van der Waals surface area contributed by atoms with Crippen molar-refractivity contribution >= 4 is 38.4 Å². The zero-order chi connectivity index (χ0) is 17.6. The maximum Gasteiger partial charge on any atom is 0.355 e. The predicted octanol–water partition coefficient (Wildman–Crippen LogP) is 2.46. The third-order valence-corrected chi connectivity index (χ3v) is 6.71. The van der Waals surface area contributed by atoms with Crippen molar-refractivity contribution in [2.24, 2.45) is 0 Å². The highest BCUT2D eigenvalue weighted by Crippen LogP contribution is 2.37. The number of carbonyl (C=O) groups excluding carboxylic acids is 1. The van der Waals surface area contributed by atoms with Crippen LogP contribution >= 0.6 is 11.3 Å². The molecule has 1 aliphatic heterocycles. The molecule has 6 heteroatoms. The first-order valence-corrected chi connectivity index (χ1v) is 10.4. The van der Waals surface area contributed by atoms with Crippen LogP contribution in [0, 0.1) is 0 Å². The Balaban J connectivity index is 1.51. The monoisotopic (exact) mass is 367 g/mol. The number of Topliss-reactive ketones (excluding diaryl/α,β-unsaturated/α-hetero) is 1. The van der Waals surface area contributed by atoms with Gasteiger partial charge < -0.3 is 0 Å². The number of fused-ring (bicyclic) bond motifs is 2. The van der Waals surface area contributed by atoms with Crippen molar-refractivity contribution in [2.45, 2.75) is 56.9 Å². The summed E-state index contributed by atoms with van der Waals surface area (Å²) < 4.78 is 1.17. The summed E-state index contributed by atoms with van der Waals surface area (Å²) in [7, 11) is 0. The lowest BCUT2D eigenvalue weighted by atomic mass is 9.71. The molecule has 2 heterocycles. The van der Waals surface area contributed by atoms with Crippen molar-refractivity contribution in [3.05, 3.63) is 35.5 Å². The molecule has 5 rings (SSSR count). The van der Waals surface area contributed by atoms with E-state index in [9.17, 15) is 4.79 Å². The van der Waals surface area contributed by atoms with Crippen molar-refractivity contribution in [3.8, 4) is 0 Å². The van der Waals surface area contributed by atoms with Gasteiger partial charge in [0.15, 0.2) is 5.78 Å². The van der Waals surface area contributed by atoms with Gasteiger partial charge in [-0.15, -0.1) is 0 Å². The maximum atomic E-state index is 12.7. The molecule has 0 atom stereocenters. The molecule has 1 aromatic carbocycles. The lowest BCUT2D eigenvalue weighted by Crippen LogP contribution is -2.93. The number of hydrogen-bond donors (Lipinski definition) is 3. The highest BCUT2D eigenvalue weighted by atomic mass is 32.1. The Bertz CT molecular complexity index is 903. The molecule has 0 radical (unpaired) electrons. The molecule has 0 bridgehead atoms. The second-order valence-corrected chi connectivity index (χ2v) is 8.54. The normalized spacial score (nSPS) is 22.2. The topological polar surface area (TPSA) is 68.0 Å². The lowest BCUT2D eigenvalue weighted by Gasteiger charge is -2.39. The molecule has 5 nitrogen and oxygen atoms in total. The van der Waals surface area contributed by atoms with Gasteiger partial charge in [-0.05, 0) is 44.2 Å². The van der Waals surface area contributed by atoms with Crippen LogP contribution in [-0.4, -0.2) is 22.3 Å². The summed E-state index contributed by atoms with van der Waals surface area (Å²) in [6.45, 7) is 0. The number of thiazole rings is 1. The summed E-state index contributed by atoms with van der Waals surface area (Å²) in [4.78, 5) is 21.1. The van der Waals surface area contributed by atoms with Crippen LogP contribution in [0.15, 0.2) is 35.5 Å². The van der Waals surface area contributed by atoms with E-state index in [0.29, 0.717) is 12.2 Å². The molecule has 2 aromatic rings. The van der Waals surface area contributed by atoms with Gasteiger partial charge in [0, 0.05) is 12.8 Å². The van der Waals surface area contributed by atoms with Gasteiger partial charge in [-0.1, -0.05) is 29.9 Å². The third kappa shape index (κ3) is 2.63. The molecule has 1 aromatic heterocycles. The van der Waals surface area contributed by atoms with Crippen molar-refractivity contribution < 1.29 is 9.79 Å². The second kappa shape index (κ2) is 6.20. The minimum absolute atomic E-state index is 0.199. The van der Waals surface area contributed by atoms with Gasteiger partial charge in [0.05, 0.1) is 21.5 Å². The molecule has 134 valence electrons. The average Bonchev–Trinajstić information content (AvgIpc) is 3.04. The van der Waals surface area contributed by atoms with Crippen molar-refractivity contribution in [3.63, 3.8) is 0 Å². The number of nitrogens with zero attached hydrogens (tertiary/aromatic N) is 1. The van der Waals surface area contributed by atoms with E-state index in [1.165, 1.54) is 24.0 Å². The molecule has 0 saturated heterocycles. The van der Waals surface area contributed by atoms with E-state index < -0.39 is 0 Å². The highest BCUT2D eigenvalue weighted by molar-refractivity contribution is 7.22. The Morgan fingerprint density at radius 2 is 1.96 bits per heavy atom. The smallest absolute Gasteiger partial charge is 0.294 e. The summed E-state index contributed by atoms with van der Waals surface area (Å²) in [6.07, 6.45) is 8.25. The first kappa shape index (κ1) is 16.0. The quantitative estimate of drug-likeness (QED) is 0.724. The highest BCUT2D eigenvalue weighted by Gasteiger charge is 2.47. The van der Waals surface area contributed by atoms with E-state index in [-0.39, 0.29) is 5.54 Å². The van der Waals surface area contributed by atoms with Crippen LogP contribution in [-0.2, 0) is 4.79 Å². The number of ketones is 1. The molecule has 3 aliphatic rings. The largest absolute Gasteiger partial charge is 0.355 e. The van der Waals surface area contributed by atoms with Crippen LogP contribution in [0.1, 0.15) is 51.4 Å². The summed E-state index contributed by atoms with van der Waals surface area (Å²) in [6, 6.07) is 8.17. The fourth-order valence-corrected chi connectivity index (χ4v) is 5.50. The maximum absolute atomic E-state index is 12.7. The van der Waals surface area contributed by atoms with Crippen molar-refractivity contribution in [2.75, 3.05) is 5.32 Å². The fraction of sp³-hybridized carbons (Fsp3) is 0.450. The molecule has 2 aliphatic carbocycles. The standard InChI is InChI=1S/C20H22N4OS/c25-15-9-6-8-14-17(15)20(11-4-1-5-12-20)24-18(21-14)23-19-22-13-7-2-3-10-16(13)26-19/h2-3,7,10H,1,4-6,8-9,11-12H2,(H2,21,22,23,24)/p+1. The van der Waals surface area contributed by atoms with Crippen LogP contribution in [0.3, 0.4) is 0 Å². The minimum atomic E-state index is -0.199. The van der Waals surface area contributed by atoms with Gasteiger partial charge in [0.25, 0.3) is 5.13 Å². The van der Waals surface area contributed by atoms with Crippen molar-refractivity contribution in [1.29, 1.82) is 0 Å². The van der Waals surface area contributed by atoms with Crippen LogP contribution in [0.5, 0.6) is 0 Å². The Hall–Kier alpha value is -2.21. The number of benzene rings is 1. The number of carbonyl (C=O) groups is 1. The van der Waals surface area contributed by atoms with Gasteiger partial charge in [-0.25, -0.2) is 15.6 Å². The Morgan fingerprint density at radius 3 is 2.81 bits per heavy atom. The Kier molecular flexibility index (Phi) is 3.81. The molecule has 1 saturated carbocycles. The number of allylic oxidation sites excluding steroid dienone is 1. The Labute approximate surface area is 156 Å². The zero-order valence-corrected chi connectivity index (χ0v) is 15.5. The van der Waals surface area contributed by atoms with E-state index in [2.05, 4.69) is 26.7 Å². The third-order valence-electron chi connectivity index (χ3n) is 5.76. The summed E-state index contributed by atoms with van der Waals surface area (Å²) in [5.74, 6) is 1.20. The van der Waals surface area contributed by atoms with Gasteiger partial charge >= 0.3 is 5.96 Å². The number of anilines is 1. The van der Waals surface area contributed by atoms with Gasteiger partial charge in [-0.3, -0.25) is 9.79 Å². The van der Waals surface area contributed by atoms with Crippen LogP contribution in [0.25, 0.3) is 10.2 Å². The predicted molar refractivity (Wildman–Crippen MR) is 104 cm³/mol. The minimum Gasteiger partial charge on any atom is -0.294 e. The SMILES string of the molecule is O=C1CCCC2=C1C1(CCCCC1)[NH+]=C(Nc1nc3ccccc3s1)N2. The van der Waals surface area contributed by atoms with Gasteiger partial charge in [0.1, 0.15) is 5.54 Å². The first-order valence-electron chi connectivity index (χ1n) is 9.55. The van der Waals surface area contributed by atoms with Crippen LogP contribution in [0.4, 0.5) is 5.13 Å². The van der Waals surface area contributed by atoms with Gasteiger partial charge in [0.2, 0.25) is 0 Å². The van der Waals surface area contributed by atoms with Crippen LogP contribution in [0.2, 0.25) is 0 Å².